The summed E-state index contributed by atoms with van der Waals surface area (Å²) in [5, 5.41) is -0.136. The molecule has 0 radical (unpaired) electrons. The Morgan fingerprint density at radius 3 is 2.87 bits per heavy atom. The third kappa shape index (κ3) is 3.49. The molecular weight excluding hydrogens is 332 g/mol. The molecule has 1 aliphatic carbocycles. The fourth-order valence-electron chi connectivity index (χ4n) is 3.73. The fourth-order valence-corrected chi connectivity index (χ4v) is 6.10. The first-order valence-electron chi connectivity index (χ1n) is 8.39. The summed E-state index contributed by atoms with van der Waals surface area (Å²) in [7, 11) is -3.08. The molecule has 1 aromatic rings. The SMILES string of the molecule is Cc1ccc(CN2C[C@H]3[C@@H](CNS(=O)(=O)C4CC4)CO[C@H]3C2)s1. The molecular formula is C16H24N2O3S2. The van der Waals surface area contributed by atoms with Crippen molar-refractivity contribution in [2.75, 3.05) is 26.2 Å². The maximum Gasteiger partial charge on any atom is 0.214 e. The highest BCUT2D eigenvalue weighted by molar-refractivity contribution is 7.90. The first-order chi connectivity index (χ1) is 11.0. The van der Waals surface area contributed by atoms with Crippen LogP contribution in [0.1, 0.15) is 22.6 Å². The Kier molecular flexibility index (Phi) is 4.26. The van der Waals surface area contributed by atoms with Crippen LogP contribution in [0.3, 0.4) is 0 Å². The van der Waals surface area contributed by atoms with Crippen LogP contribution in [0.15, 0.2) is 12.1 Å². The lowest BCUT2D eigenvalue weighted by Gasteiger charge is -2.19. The highest BCUT2D eigenvalue weighted by Crippen LogP contribution is 2.35. The van der Waals surface area contributed by atoms with Crippen molar-refractivity contribution < 1.29 is 13.2 Å². The Labute approximate surface area is 142 Å². The van der Waals surface area contributed by atoms with Crippen LogP contribution in [0.4, 0.5) is 0 Å². The topological polar surface area (TPSA) is 58.6 Å². The largest absolute Gasteiger partial charge is 0.376 e. The number of thiophene rings is 1. The van der Waals surface area contributed by atoms with Gasteiger partial charge in [-0.3, -0.25) is 4.90 Å². The molecule has 1 saturated carbocycles. The van der Waals surface area contributed by atoms with E-state index >= 15 is 0 Å². The van der Waals surface area contributed by atoms with E-state index in [1.165, 1.54) is 9.75 Å². The molecule has 23 heavy (non-hydrogen) atoms. The summed E-state index contributed by atoms with van der Waals surface area (Å²) in [6.45, 7) is 6.32. The molecule has 1 aromatic heterocycles. The van der Waals surface area contributed by atoms with Gasteiger partial charge in [-0.05, 0) is 31.9 Å². The number of fused-ring (bicyclic) bond motifs is 1. The molecule has 0 aromatic carbocycles. The van der Waals surface area contributed by atoms with Crippen molar-refractivity contribution in [3.63, 3.8) is 0 Å². The lowest BCUT2D eigenvalue weighted by atomic mass is 9.93. The molecule has 2 aliphatic heterocycles. The number of hydrogen-bond acceptors (Lipinski definition) is 5. The van der Waals surface area contributed by atoms with Gasteiger partial charge in [-0.2, -0.15) is 0 Å². The van der Waals surface area contributed by atoms with Gasteiger partial charge in [-0.25, -0.2) is 13.1 Å². The van der Waals surface area contributed by atoms with Gasteiger partial charge in [0.25, 0.3) is 0 Å². The van der Waals surface area contributed by atoms with Gasteiger partial charge in [0.05, 0.1) is 18.0 Å². The standard InChI is InChI=1S/C16H24N2O3S2/c1-11-2-3-13(22-11)7-18-8-15-12(10-21-16(15)9-18)6-17-23(19,20)14-4-5-14/h2-3,12,14-17H,4-10H2,1H3/t12-,15-,16-/m0/s1. The first kappa shape index (κ1) is 16.0. The smallest absolute Gasteiger partial charge is 0.214 e. The number of ether oxygens (including phenoxy) is 1. The van der Waals surface area contributed by atoms with Gasteiger partial charge in [-0.1, -0.05) is 0 Å². The molecule has 2 saturated heterocycles. The number of nitrogens with zero attached hydrogens (tertiary/aromatic N) is 1. The normalized spacial score (nSPS) is 31.6. The van der Waals surface area contributed by atoms with Crippen molar-refractivity contribution in [3.8, 4) is 0 Å². The molecule has 1 N–H and O–H groups in total. The monoisotopic (exact) mass is 356 g/mol. The van der Waals surface area contributed by atoms with Crippen LogP contribution in [0.2, 0.25) is 0 Å². The molecule has 3 atom stereocenters. The van der Waals surface area contributed by atoms with Crippen LogP contribution in [-0.2, 0) is 21.3 Å². The van der Waals surface area contributed by atoms with Crippen molar-refractivity contribution >= 4 is 21.4 Å². The van der Waals surface area contributed by atoms with Crippen molar-refractivity contribution in [2.24, 2.45) is 11.8 Å². The predicted octanol–water partition coefficient (Wildman–Crippen LogP) is 1.59. The van der Waals surface area contributed by atoms with Gasteiger partial charge < -0.3 is 4.74 Å². The summed E-state index contributed by atoms with van der Waals surface area (Å²) in [5.41, 5.74) is 0. The van der Waals surface area contributed by atoms with E-state index in [0.717, 1.165) is 32.5 Å². The molecule has 0 bridgehead atoms. The van der Waals surface area contributed by atoms with Gasteiger partial charge in [0.1, 0.15) is 0 Å². The van der Waals surface area contributed by atoms with E-state index in [1.54, 1.807) is 0 Å². The minimum absolute atomic E-state index is 0.136. The molecule has 3 aliphatic rings. The van der Waals surface area contributed by atoms with E-state index in [-0.39, 0.29) is 11.4 Å². The molecule has 0 unspecified atom stereocenters. The van der Waals surface area contributed by atoms with Crippen molar-refractivity contribution in [3.05, 3.63) is 21.9 Å². The minimum Gasteiger partial charge on any atom is -0.376 e. The van der Waals surface area contributed by atoms with Crippen LogP contribution in [0.5, 0.6) is 0 Å². The quantitative estimate of drug-likeness (QED) is 0.841. The Hall–Kier alpha value is -0.470. The zero-order valence-corrected chi connectivity index (χ0v) is 15.0. The summed E-state index contributed by atoms with van der Waals surface area (Å²) < 4.78 is 32.7. The summed E-state index contributed by atoms with van der Waals surface area (Å²) >= 11 is 1.85. The zero-order valence-electron chi connectivity index (χ0n) is 13.4. The molecule has 3 heterocycles. The van der Waals surface area contributed by atoms with E-state index in [4.69, 9.17) is 4.74 Å². The maximum absolute atomic E-state index is 12.0. The third-order valence-electron chi connectivity index (χ3n) is 5.20. The van der Waals surface area contributed by atoms with E-state index in [9.17, 15) is 8.42 Å². The summed E-state index contributed by atoms with van der Waals surface area (Å²) in [5.74, 6) is 0.765. The van der Waals surface area contributed by atoms with Crippen molar-refractivity contribution in [2.45, 2.75) is 37.7 Å². The summed E-state index contributed by atoms with van der Waals surface area (Å²) in [6, 6.07) is 4.37. The van der Waals surface area contributed by atoms with Gasteiger partial charge in [-0.15, -0.1) is 11.3 Å². The molecule has 0 spiro atoms. The van der Waals surface area contributed by atoms with Crippen LogP contribution in [0, 0.1) is 18.8 Å². The highest BCUT2D eigenvalue weighted by Gasteiger charge is 2.44. The molecule has 3 fully saturated rings. The Balaban J connectivity index is 1.32. The Bertz CT molecular complexity index is 669. The summed E-state index contributed by atoms with van der Waals surface area (Å²) in [4.78, 5) is 5.19. The second-order valence-corrected chi connectivity index (χ2v) is 10.5. The first-order valence-corrected chi connectivity index (χ1v) is 10.8. The number of aryl methyl sites for hydroxylation is 1. The van der Waals surface area contributed by atoms with E-state index in [2.05, 4.69) is 28.7 Å². The molecule has 7 heteroatoms. The van der Waals surface area contributed by atoms with Crippen LogP contribution < -0.4 is 4.72 Å². The number of sulfonamides is 1. The molecule has 5 nitrogen and oxygen atoms in total. The number of nitrogens with one attached hydrogen (secondary N) is 1. The van der Waals surface area contributed by atoms with E-state index < -0.39 is 10.0 Å². The predicted molar refractivity (Wildman–Crippen MR) is 91.0 cm³/mol. The Morgan fingerprint density at radius 2 is 2.17 bits per heavy atom. The summed E-state index contributed by atoms with van der Waals surface area (Å²) in [6.07, 6.45) is 1.90. The average molecular weight is 357 g/mol. The molecule has 0 amide bonds. The highest BCUT2D eigenvalue weighted by atomic mass is 32.2. The molecule has 128 valence electrons. The zero-order chi connectivity index (χ0) is 16.0. The van der Waals surface area contributed by atoms with Crippen LogP contribution in [-0.4, -0.2) is 50.9 Å². The van der Waals surface area contributed by atoms with Crippen LogP contribution >= 0.6 is 11.3 Å². The van der Waals surface area contributed by atoms with Gasteiger partial charge in [0.2, 0.25) is 10.0 Å². The second kappa shape index (κ2) is 6.11. The lowest BCUT2D eigenvalue weighted by molar-refractivity contribution is 0.0944. The number of rotatable bonds is 6. The van der Waals surface area contributed by atoms with Crippen molar-refractivity contribution in [1.29, 1.82) is 0 Å². The third-order valence-corrected chi connectivity index (χ3v) is 8.10. The second-order valence-electron chi connectivity index (χ2n) is 7.09. The lowest BCUT2D eigenvalue weighted by Crippen LogP contribution is -2.35. The van der Waals surface area contributed by atoms with Gasteiger partial charge in [0.15, 0.2) is 0 Å². The van der Waals surface area contributed by atoms with Gasteiger partial charge in [0, 0.05) is 47.8 Å². The molecule has 4 rings (SSSR count). The Morgan fingerprint density at radius 1 is 1.35 bits per heavy atom. The fraction of sp³-hybridized carbons (Fsp3) is 0.750. The van der Waals surface area contributed by atoms with Gasteiger partial charge >= 0.3 is 0 Å². The maximum atomic E-state index is 12.0. The minimum atomic E-state index is -3.08. The van der Waals surface area contributed by atoms with E-state index in [0.29, 0.717) is 25.0 Å². The number of hydrogen-bond donors (Lipinski definition) is 1. The average Bonchev–Trinajstić information content (AvgIpc) is 3.05. The van der Waals surface area contributed by atoms with Crippen LogP contribution in [0.25, 0.3) is 0 Å². The number of likely N-dealkylation sites (tertiary alicyclic amines) is 1. The van der Waals surface area contributed by atoms with Crippen molar-refractivity contribution in [1.82, 2.24) is 9.62 Å². The van der Waals surface area contributed by atoms with E-state index in [1.807, 2.05) is 11.3 Å².